The molecule has 318 valence electrons. The number of aromatic nitrogens is 3. The molecule has 0 amide bonds. The van der Waals surface area contributed by atoms with Crippen molar-refractivity contribution in [3.63, 3.8) is 0 Å². The second-order valence-corrected chi connectivity index (χ2v) is 16.2. The summed E-state index contributed by atoms with van der Waals surface area (Å²) in [4.78, 5) is 10.1. The van der Waals surface area contributed by atoms with Crippen LogP contribution in [0.1, 0.15) is 22.3 Å². The lowest BCUT2D eigenvalue weighted by Crippen LogP contribution is -2.07. The quantitative estimate of drug-likeness (QED) is 0.149. The largest absolute Gasteiger partial charge is 0.417 e. The molecule has 0 aliphatic rings. The predicted octanol–water partition coefficient (Wildman–Crippen LogP) is 16.2. The summed E-state index contributed by atoms with van der Waals surface area (Å²) >= 11 is 0. The molecule has 2 heterocycles. The Morgan fingerprint density at radius 3 is 1.55 bits per heavy atom. The molecule has 0 unspecified atom stereocenters. The average Bonchev–Trinajstić information content (AvgIpc) is 3.64. The number of benzene rings is 8. The smallest absolute Gasteiger partial charge is 0.308 e. The van der Waals surface area contributed by atoms with Gasteiger partial charge in [-0.05, 0) is 90.7 Å². The van der Waals surface area contributed by atoms with E-state index in [0.29, 0.717) is 61.6 Å². The van der Waals surface area contributed by atoms with Gasteiger partial charge in [0.25, 0.3) is 0 Å². The van der Waals surface area contributed by atoms with Crippen LogP contribution >= 0.6 is 0 Å². The van der Waals surface area contributed by atoms with Gasteiger partial charge in [0.1, 0.15) is 0 Å². The Balaban J connectivity index is 1.30. The Bertz CT molecular complexity index is 3330. The first-order valence-corrected chi connectivity index (χ1v) is 20.9. The van der Waals surface area contributed by atoms with Crippen LogP contribution in [0, 0.1) is 13.8 Å². The van der Waals surface area contributed by atoms with Gasteiger partial charge in [-0.15, -0.1) is 0 Å². The van der Waals surface area contributed by atoms with Crippen LogP contribution in [0.15, 0.2) is 188 Å². The third-order valence-corrected chi connectivity index (χ3v) is 11.8. The summed E-state index contributed by atoms with van der Waals surface area (Å²) in [6.07, 6.45) is -9.15. The van der Waals surface area contributed by atoms with Gasteiger partial charge in [-0.2, -0.15) is 26.3 Å². The Labute approximate surface area is 371 Å². The molecule has 0 spiro atoms. The third-order valence-electron chi connectivity index (χ3n) is 11.8. The SMILES string of the molecule is Cc1ccc(-c2cc(-c3cc(-c4ccccc4)nc(-c4ccccc4)n3)cc(-c3ccc(C(F)(F)F)cc3)c2-n2c3ccccc3c3cc(-c4ccc(C)cc4C(F)(F)F)ccc32)cc1. The molecule has 3 nitrogen and oxygen atoms in total. The highest BCUT2D eigenvalue weighted by Gasteiger charge is 2.34. The molecule has 0 saturated heterocycles. The highest BCUT2D eigenvalue weighted by atomic mass is 19.4. The fourth-order valence-electron chi connectivity index (χ4n) is 8.63. The predicted molar refractivity (Wildman–Crippen MR) is 248 cm³/mol. The first-order valence-electron chi connectivity index (χ1n) is 20.9. The lowest BCUT2D eigenvalue weighted by atomic mass is 9.91. The van der Waals surface area contributed by atoms with Crippen molar-refractivity contribution in [2.45, 2.75) is 26.2 Å². The monoisotopic (exact) mass is 865 g/mol. The van der Waals surface area contributed by atoms with Crippen LogP contribution in [0.5, 0.6) is 0 Å². The van der Waals surface area contributed by atoms with E-state index in [9.17, 15) is 26.3 Å². The molecular formula is C56H37F6N3. The standard InChI is InChI=1S/C56H37F6N3/c1-34-17-20-36(21-18-34)45-31-41(50-33-49(38-11-5-3-6-12-38)63-54(64-50)39-13-7-4-8-14-39)32-46(37-22-25-42(26-23-37)55(57,58)59)53(45)65-51-16-10-9-15-44(51)47-30-40(24-28-52(47)65)43-27-19-35(2)29-48(43)56(60,61)62/h3-33H,1-2H3. The third kappa shape index (κ3) is 7.84. The number of rotatable bonds is 7. The Kier molecular flexibility index (Phi) is 10.2. The van der Waals surface area contributed by atoms with Crippen molar-refractivity contribution in [2.75, 3.05) is 0 Å². The molecule has 10 rings (SSSR count). The first-order chi connectivity index (χ1) is 31.3. The minimum atomic E-state index is -4.58. The van der Waals surface area contributed by atoms with Crippen LogP contribution in [-0.4, -0.2) is 14.5 Å². The zero-order valence-electron chi connectivity index (χ0n) is 35.0. The second-order valence-electron chi connectivity index (χ2n) is 16.2. The van der Waals surface area contributed by atoms with Crippen LogP contribution in [0.4, 0.5) is 26.3 Å². The van der Waals surface area contributed by atoms with E-state index in [1.54, 1.807) is 25.1 Å². The number of alkyl halides is 6. The molecule has 0 saturated carbocycles. The Morgan fingerprint density at radius 2 is 0.923 bits per heavy atom. The van der Waals surface area contributed by atoms with E-state index < -0.39 is 23.5 Å². The molecule has 0 aliphatic carbocycles. The molecule has 10 aromatic rings. The summed E-state index contributed by atoms with van der Waals surface area (Å²) in [6, 6.07) is 55.9. The molecule has 9 heteroatoms. The van der Waals surface area contributed by atoms with Crippen molar-refractivity contribution in [1.82, 2.24) is 14.5 Å². The number of halogens is 6. The van der Waals surface area contributed by atoms with Crippen LogP contribution in [-0.2, 0) is 12.4 Å². The molecule has 0 fully saturated rings. The molecule has 0 bridgehead atoms. The number of fused-ring (bicyclic) bond motifs is 3. The van der Waals surface area contributed by atoms with E-state index in [1.165, 1.54) is 18.2 Å². The summed E-state index contributed by atoms with van der Waals surface area (Å²) < 4.78 is 88.0. The summed E-state index contributed by atoms with van der Waals surface area (Å²) in [5.74, 6) is 0.499. The minimum Gasteiger partial charge on any atom is -0.308 e. The Morgan fingerprint density at radius 1 is 0.385 bits per heavy atom. The number of hydrogen-bond donors (Lipinski definition) is 0. The van der Waals surface area contributed by atoms with E-state index in [2.05, 4.69) is 10.6 Å². The molecule has 8 aromatic carbocycles. The molecule has 0 aliphatic heterocycles. The van der Waals surface area contributed by atoms with Gasteiger partial charge in [0, 0.05) is 38.6 Å². The lowest BCUT2D eigenvalue weighted by molar-refractivity contribution is -0.138. The second kappa shape index (κ2) is 16.1. The van der Waals surface area contributed by atoms with E-state index in [4.69, 9.17) is 9.97 Å². The highest BCUT2D eigenvalue weighted by molar-refractivity contribution is 6.12. The molecular weight excluding hydrogens is 829 g/mol. The van der Waals surface area contributed by atoms with Crippen molar-refractivity contribution < 1.29 is 26.3 Å². The average molecular weight is 866 g/mol. The van der Waals surface area contributed by atoms with Crippen LogP contribution in [0.3, 0.4) is 0 Å². The summed E-state index contributed by atoms with van der Waals surface area (Å²) in [7, 11) is 0. The van der Waals surface area contributed by atoms with Gasteiger partial charge in [0.05, 0.1) is 39.2 Å². The normalized spacial score (nSPS) is 12.0. The highest BCUT2D eigenvalue weighted by Crippen LogP contribution is 2.46. The number of aryl methyl sites for hydroxylation is 2. The first kappa shape index (κ1) is 41.2. The Hall–Kier alpha value is -7.78. The fraction of sp³-hybridized carbons (Fsp3) is 0.0714. The zero-order valence-corrected chi connectivity index (χ0v) is 35.0. The van der Waals surface area contributed by atoms with Gasteiger partial charge in [0.2, 0.25) is 0 Å². The van der Waals surface area contributed by atoms with Crippen LogP contribution in [0.2, 0.25) is 0 Å². The van der Waals surface area contributed by atoms with E-state index in [0.717, 1.165) is 56.9 Å². The summed E-state index contributed by atoms with van der Waals surface area (Å²) in [5.41, 5.74) is 8.98. The maximum atomic E-state index is 14.5. The van der Waals surface area contributed by atoms with Gasteiger partial charge in [-0.3, -0.25) is 0 Å². The minimum absolute atomic E-state index is 0.0616. The number of hydrogen-bond acceptors (Lipinski definition) is 2. The molecule has 0 radical (unpaired) electrons. The zero-order chi connectivity index (χ0) is 45.0. The van der Waals surface area contributed by atoms with Crippen LogP contribution < -0.4 is 0 Å². The van der Waals surface area contributed by atoms with Crippen molar-refractivity contribution in [1.29, 1.82) is 0 Å². The van der Waals surface area contributed by atoms with Crippen molar-refractivity contribution in [2.24, 2.45) is 0 Å². The molecule has 0 N–H and O–H groups in total. The van der Waals surface area contributed by atoms with Crippen molar-refractivity contribution in [3.05, 3.63) is 210 Å². The van der Waals surface area contributed by atoms with Crippen molar-refractivity contribution in [3.8, 4) is 73.0 Å². The van der Waals surface area contributed by atoms with E-state index >= 15 is 0 Å². The van der Waals surface area contributed by atoms with Gasteiger partial charge in [-0.1, -0.05) is 145 Å². The lowest BCUT2D eigenvalue weighted by Gasteiger charge is -2.22. The molecule has 2 aromatic heterocycles. The fourth-order valence-corrected chi connectivity index (χ4v) is 8.63. The number of nitrogens with zero attached hydrogens (tertiary/aromatic N) is 3. The van der Waals surface area contributed by atoms with E-state index in [-0.39, 0.29) is 5.56 Å². The molecule has 65 heavy (non-hydrogen) atoms. The maximum absolute atomic E-state index is 14.5. The van der Waals surface area contributed by atoms with Crippen molar-refractivity contribution >= 4 is 21.8 Å². The van der Waals surface area contributed by atoms with Gasteiger partial charge >= 0.3 is 12.4 Å². The molecule has 0 atom stereocenters. The topological polar surface area (TPSA) is 30.7 Å². The van der Waals surface area contributed by atoms with Gasteiger partial charge in [0.15, 0.2) is 5.82 Å². The number of para-hydroxylation sites is 1. The summed E-state index contributed by atoms with van der Waals surface area (Å²) in [5, 5.41) is 1.50. The van der Waals surface area contributed by atoms with Gasteiger partial charge < -0.3 is 4.57 Å². The van der Waals surface area contributed by atoms with E-state index in [1.807, 2.05) is 134 Å². The summed E-state index contributed by atoms with van der Waals surface area (Å²) in [6.45, 7) is 3.63. The van der Waals surface area contributed by atoms with Crippen LogP contribution in [0.25, 0.3) is 94.8 Å². The van der Waals surface area contributed by atoms with Gasteiger partial charge in [-0.25, -0.2) is 9.97 Å². The maximum Gasteiger partial charge on any atom is 0.417 e.